The highest BCUT2D eigenvalue weighted by Crippen LogP contribution is 2.36. The minimum atomic E-state index is -4.72. The standard InChI is InChI=1S/C10H6F4N2S/c11-8-5(9-16-7(15)4-17-9)2-1-3-6(8)10(12,13)14/h1-4H,15H2. The molecular weight excluding hydrogens is 256 g/mol. The summed E-state index contributed by atoms with van der Waals surface area (Å²) in [6.45, 7) is 0. The van der Waals surface area contributed by atoms with Gasteiger partial charge in [0.25, 0.3) is 0 Å². The fraction of sp³-hybridized carbons (Fsp3) is 0.100. The lowest BCUT2D eigenvalue weighted by Crippen LogP contribution is -2.08. The van der Waals surface area contributed by atoms with Crippen LogP contribution in [-0.2, 0) is 6.18 Å². The van der Waals surface area contributed by atoms with Crippen molar-refractivity contribution in [2.45, 2.75) is 6.18 Å². The minimum absolute atomic E-state index is 0.131. The molecule has 0 bridgehead atoms. The number of aromatic nitrogens is 1. The molecule has 0 saturated carbocycles. The number of thiazole rings is 1. The molecule has 0 saturated heterocycles. The Morgan fingerprint density at radius 2 is 1.94 bits per heavy atom. The second-order valence-electron chi connectivity index (χ2n) is 3.24. The van der Waals surface area contributed by atoms with Gasteiger partial charge < -0.3 is 5.73 Å². The van der Waals surface area contributed by atoms with E-state index in [4.69, 9.17) is 5.73 Å². The molecule has 2 aromatic rings. The summed E-state index contributed by atoms with van der Waals surface area (Å²) in [6, 6.07) is 3.07. The quantitative estimate of drug-likeness (QED) is 0.798. The molecule has 0 atom stereocenters. The van der Waals surface area contributed by atoms with E-state index in [1.807, 2.05) is 0 Å². The summed E-state index contributed by atoms with van der Waals surface area (Å²) in [6.07, 6.45) is -4.72. The van der Waals surface area contributed by atoms with Crippen molar-refractivity contribution in [3.8, 4) is 10.6 Å². The van der Waals surface area contributed by atoms with Crippen LogP contribution < -0.4 is 5.73 Å². The Balaban J connectivity index is 2.57. The molecular formula is C10H6F4N2S. The topological polar surface area (TPSA) is 38.9 Å². The number of halogens is 4. The van der Waals surface area contributed by atoms with Gasteiger partial charge in [-0.3, -0.25) is 0 Å². The van der Waals surface area contributed by atoms with E-state index >= 15 is 0 Å². The highest BCUT2D eigenvalue weighted by Gasteiger charge is 2.35. The van der Waals surface area contributed by atoms with E-state index in [-0.39, 0.29) is 16.4 Å². The largest absolute Gasteiger partial charge is 0.419 e. The Kier molecular flexibility index (Phi) is 2.78. The molecule has 0 unspecified atom stereocenters. The van der Waals surface area contributed by atoms with Crippen molar-refractivity contribution in [3.05, 3.63) is 35.0 Å². The van der Waals surface area contributed by atoms with Crippen LogP contribution in [0.4, 0.5) is 23.4 Å². The van der Waals surface area contributed by atoms with Crippen molar-refractivity contribution < 1.29 is 17.6 Å². The zero-order chi connectivity index (χ0) is 12.6. The van der Waals surface area contributed by atoms with Crippen molar-refractivity contribution in [2.24, 2.45) is 0 Å². The molecule has 0 aliphatic carbocycles. The van der Waals surface area contributed by atoms with E-state index in [0.717, 1.165) is 17.4 Å². The first kappa shape index (κ1) is 11.8. The third-order valence-corrected chi connectivity index (χ3v) is 2.95. The molecule has 0 amide bonds. The average molecular weight is 262 g/mol. The second kappa shape index (κ2) is 3.99. The van der Waals surface area contributed by atoms with Crippen LogP contribution in [0.2, 0.25) is 0 Å². The molecule has 7 heteroatoms. The first-order chi connectivity index (χ1) is 7.89. The van der Waals surface area contributed by atoms with Crippen LogP contribution in [0.5, 0.6) is 0 Å². The lowest BCUT2D eigenvalue weighted by molar-refractivity contribution is -0.139. The van der Waals surface area contributed by atoms with Crippen molar-refractivity contribution in [1.29, 1.82) is 0 Å². The monoisotopic (exact) mass is 262 g/mol. The fourth-order valence-electron chi connectivity index (χ4n) is 1.33. The smallest absolute Gasteiger partial charge is 0.383 e. The maximum Gasteiger partial charge on any atom is 0.419 e. The van der Waals surface area contributed by atoms with Crippen LogP contribution in [0, 0.1) is 5.82 Å². The molecule has 0 spiro atoms. The summed E-state index contributed by atoms with van der Waals surface area (Å²) in [5, 5.41) is 1.57. The van der Waals surface area contributed by atoms with Crippen molar-refractivity contribution >= 4 is 17.2 Å². The number of benzene rings is 1. The van der Waals surface area contributed by atoms with Crippen molar-refractivity contribution in [2.75, 3.05) is 5.73 Å². The third kappa shape index (κ3) is 2.23. The fourth-order valence-corrected chi connectivity index (χ4v) is 2.05. The summed E-state index contributed by atoms with van der Waals surface area (Å²) in [4.78, 5) is 3.75. The molecule has 1 aromatic heterocycles. The van der Waals surface area contributed by atoms with Gasteiger partial charge in [-0.15, -0.1) is 11.3 Å². The Bertz CT molecular complexity index is 547. The Hall–Kier alpha value is -1.63. The predicted molar refractivity (Wildman–Crippen MR) is 56.9 cm³/mol. The van der Waals surface area contributed by atoms with Gasteiger partial charge in [-0.1, -0.05) is 6.07 Å². The van der Waals surface area contributed by atoms with E-state index in [9.17, 15) is 17.6 Å². The molecule has 2 rings (SSSR count). The van der Waals surface area contributed by atoms with Gasteiger partial charge in [0, 0.05) is 10.9 Å². The molecule has 17 heavy (non-hydrogen) atoms. The zero-order valence-electron chi connectivity index (χ0n) is 8.25. The summed E-state index contributed by atoms with van der Waals surface area (Å²) in [7, 11) is 0. The number of alkyl halides is 3. The Morgan fingerprint density at radius 1 is 1.24 bits per heavy atom. The van der Waals surface area contributed by atoms with Gasteiger partial charge in [0.05, 0.1) is 5.56 Å². The van der Waals surface area contributed by atoms with Crippen LogP contribution in [0.1, 0.15) is 5.56 Å². The van der Waals surface area contributed by atoms with E-state index < -0.39 is 17.6 Å². The lowest BCUT2D eigenvalue weighted by atomic mass is 10.1. The van der Waals surface area contributed by atoms with Gasteiger partial charge in [0.1, 0.15) is 16.6 Å². The number of hydrogen-bond donors (Lipinski definition) is 1. The van der Waals surface area contributed by atoms with Crippen molar-refractivity contribution in [3.63, 3.8) is 0 Å². The summed E-state index contributed by atoms with van der Waals surface area (Å²) < 4.78 is 51.1. The van der Waals surface area contributed by atoms with E-state index in [2.05, 4.69) is 4.98 Å². The summed E-state index contributed by atoms with van der Waals surface area (Å²) >= 11 is 0.993. The normalized spacial score (nSPS) is 11.8. The van der Waals surface area contributed by atoms with Crippen LogP contribution in [0.15, 0.2) is 23.6 Å². The first-order valence-corrected chi connectivity index (χ1v) is 5.34. The molecule has 90 valence electrons. The van der Waals surface area contributed by atoms with E-state index in [1.165, 1.54) is 11.4 Å². The number of nitrogen functional groups attached to an aromatic ring is 1. The van der Waals surface area contributed by atoms with Gasteiger partial charge in [0.15, 0.2) is 0 Å². The molecule has 0 fully saturated rings. The van der Waals surface area contributed by atoms with E-state index in [1.54, 1.807) is 0 Å². The summed E-state index contributed by atoms with van der Waals surface area (Å²) in [5.41, 5.74) is 3.85. The van der Waals surface area contributed by atoms with E-state index in [0.29, 0.717) is 6.07 Å². The highest BCUT2D eigenvalue weighted by molar-refractivity contribution is 7.13. The molecule has 0 radical (unpaired) electrons. The number of rotatable bonds is 1. The molecule has 1 heterocycles. The SMILES string of the molecule is Nc1csc(-c2cccc(C(F)(F)F)c2F)n1. The average Bonchev–Trinajstić information content (AvgIpc) is 2.63. The Labute approximate surface area is 97.7 Å². The van der Waals surface area contributed by atoms with Gasteiger partial charge in [-0.25, -0.2) is 9.37 Å². The van der Waals surface area contributed by atoms with Gasteiger partial charge in [-0.05, 0) is 12.1 Å². The number of anilines is 1. The highest BCUT2D eigenvalue weighted by atomic mass is 32.1. The van der Waals surface area contributed by atoms with Crippen LogP contribution in [0.3, 0.4) is 0 Å². The van der Waals surface area contributed by atoms with Crippen LogP contribution in [-0.4, -0.2) is 4.98 Å². The number of nitrogens with zero attached hydrogens (tertiary/aromatic N) is 1. The van der Waals surface area contributed by atoms with Gasteiger partial charge >= 0.3 is 6.18 Å². The lowest BCUT2D eigenvalue weighted by Gasteiger charge is -2.09. The molecule has 2 N–H and O–H groups in total. The molecule has 2 nitrogen and oxygen atoms in total. The number of hydrogen-bond acceptors (Lipinski definition) is 3. The number of nitrogens with two attached hydrogens (primary N) is 1. The van der Waals surface area contributed by atoms with Gasteiger partial charge in [-0.2, -0.15) is 13.2 Å². The minimum Gasteiger partial charge on any atom is -0.383 e. The third-order valence-electron chi connectivity index (χ3n) is 2.06. The summed E-state index contributed by atoms with van der Waals surface area (Å²) in [5.74, 6) is -1.17. The predicted octanol–water partition coefficient (Wildman–Crippen LogP) is 3.55. The molecule has 1 aromatic carbocycles. The first-order valence-electron chi connectivity index (χ1n) is 4.46. The van der Waals surface area contributed by atoms with Crippen LogP contribution >= 0.6 is 11.3 Å². The second-order valence-corrected chi connectivity index (χ2v) is 4.10. The maximum absolute atomic E-state index is 13.7. The molecule has 0 aliphatic heterocycles. The Morgan fingerprint density at radius 3 is 2.47 bits per heavy atom. The maximum atomic E-state index is 13.7. The van der Waals surface area contributed by atoms with Gasteiger partial charge in [0.2, 0.25) is 0 Å². The zero-order valence-corrected chi connectivity index (χ0v) is 9.07. The molecule has 0 aliphatic rings. The van der Waals surface area contributed by atoms with Crippen molar-refractivity contribution in [1.82, 2.24) is 4.98 Å². The van der Waals surface area contributed by atoms with Crippen LogP contribution in [0.25, 0.3) is 10.6 Å².